The number of hydrogen-bond donors (Lipinski definition) is 1. The maximum Gasteiger partial charge on any atom is 0.0724 e. The Hall–Kier alpha value is -0.560. The van der Waals surface area contributed by atoms with Gasteiger partial charge < -0.3 is 5.11 Å². The minimum Gasteiger partial charge on any atom is -0.389 e. The molecule has 0 saturated heterocycles. The third-order valence-electron chi connectivity index (χ3n) is 7.24. The molecule has 1 N–H and O–H groups in total. The van der Waals surface area contributed by atoms with Crippen molar-refractivity contribution in [2.75, 3.05) is 0 Å². The quantitative estimate of drug-likeness (QED) is 0.638. The summed E-state index contributed by atoms with van der Waals surface area (Å²) in [6.45, 7) is 4.89. The summed E-state index contributed by atoms with van der Waals surface area (Å²) in [5, 5.41) is 9.96. The van der Waals surface area contributed by atoms with Gasteiger partial charge in [-0.15, -0.1) is 0 Å². The van der Waals surface area contributed by atoms with Gasteiger partial charge in [-0.25, -0.2) is 0 Å². The second kappa shape index (κ2) is 4.47. The van der Waals surface area contributed by atoms with Gasteiger partial charge in [-0.05, 0) is 81.5 Å². The Morgan fingerprint density at radius 2 is 1.95 bits per heavy atom. The first-order valence-electron chi connectivity index (χ1n) is 8.67. The van der Waals surface area contributed by atoms with E-state index in [0.29, 0.717) is 5.41 Å². The molecule has 0 aliphatic heterocycles. The minimum absolute atomic E-state index is 0.164. The summed E-state index contributed by atoms with van der Waals surface area (Å²) in [7, 11) is 0. The van der Waals surface area contributed by atoms with Gasteiger partial charge in [0.15, 0.2) is 0 Å². The number of aliphatic hydroxyl groups is 1. The zero-order chi connectivity index (χ0) is 13.9. The highest BCUT2D eigenvalue weighted by atomic mass is 16.3. The van der Waals surface area contributed by atoms with Crippen molar-refractivity contribution >= 4 is 0 Å². The third kappa shape index (κ3) is 1.71. The Labute approximate surface area is 123 Å². The normalized spacial score (nSPS) is 47.5. The first-order valence-corrected chi connectivity index (χ1v) is 8.67. The molecular weight excluding hydrogens is 244 g/mol. The Morgan fingerprint density at radius 3 is 2.80 bits per heavy atom. The van der Waals surface area contributed by atoms with Gasteiger partial charge >= 0.3 is 0 Å². The minimum atomic E-state index is -0.164. The topological polar surface area (TPSA) is 20.2 Å². The van der Waals surface area contributed by atoms with Gasteiger partial charge in [0.05, 0.1) is 6.10 Å². The van der Waals surface area contributed by atoms with E-state index in [1.165, 1.54) is 44.9 Å². The van der Waals surface area contributed by atoms with Crippen LogP contribution in [-0.2, 0) is 0 Å². The molecule has 0 spiro atoms. The summed E-state index contributed by atoms with van der Waals surface area (Å²) in [5.74, 6) is 2.74. The van der Waals surface area contributed by atoms with Crippen LogP contribution in [0.15, 0.2) is 22.8 Å². The fraction of sp³-hybridized carbons (Fsp3) is 0.789. The molecule has 0 unspecified atom stereocenters. The SMILES string of the molecule is CC1=C2CC[C@H]3[C@@H](CCC4=C[C@@H](O)CC[C@@]43C)[C@@H]2CC1. The van der Waals surface area contributed by atoms with E-state index in [-0.39, 0.29) is 6.10 Å². The van der Waals surface area contributed by atoms with Gasteiger partial charge in [-0.3, -0.25) is 0 Å². The van der Waals surface area contributed by atoms with Gasteiger partial charge in [0.1, 0.15) is 0 Å². The van der Waals surface area contributed by atoms with Crippen LogP contribution in [0.1, 0.15) is 65.2 Å². The number of hydrogen-bond acceptors (Lipinski definition) is 1. The summed E-state index contributed by atoms with van der Waals surface area (Å²) in [5.41, 5.74) is 5.57. The fourth-order valence-electron chi connectivity index (χ4n) is 6.12. The molecule has 20 heavy (non-hydrogen) atoms. The molecule has 4 rings (SSSR count). The first kappa shape index (κ1) is 13.1. The maximum atomic E-state index is 9.96. The number of rotatable bonds is 0. The molecule has 2 fully saturated rings. The van der Waals surface area contributed by atoms with Crippen LogP contribution in [0.2, 0.25) is 0 Å². The molecular formula is C19H28O. The lowest BCUT2D eigenvalue weighted by Crippen LogP contribution is -2.46. The summed E-state index contributed by atoms with van der Waals surface area (Å²) in [6.07, 6.45) is 12.4. The highest BCUT2D eigenvalue weighted by Crippen LogP contribution is 2.61. The van der Waals surface area contributed by atoms with E-state index in [2.05, 4.69) is 19.9 Å². The Kier molecular flexibility index (Phi) is 2.93. The van der Waals surface area contributed by atoms with E-state index < -0.39 is 0 Å². The van der Waals surface area contributed by atoms with E-state index >= 15 is 0 Å². The summed E-state index contributed by atoms with van der Waals surface area (Å²) in [4.78, 5) is 0. The highest BCUT2D eigenvalue weighted by molar-refractivity contribution is 5.30. The van der Waals surface area contributed by atoms with E-state index in [1.54, 1.807) is 11.1 Å². The van der Waals surface area contributed by atoms with Crippen molar-refractivity contribution in [1.29, 1.82) is 0 Å². The van der Waals surface area contributed by atoms with Crippen LogP contribution in [0.5, 0.6) is 0 Å². The standard InChI is InChI=1S/C19H28O/c1-12-3-5-16-15(12)7-8-18-17(16)6-4-13-11-14(20)9-10-19(13,18)2/h11,14,16-18,20H,3-10H2,1-2H3/t14-,16+,17-,18-,19-/m0/s1. The van der Waals surface area contributed by atoms with Crippen molar-refractivity contribution in [3.63, 3.8) is 0 Å². The van der Waals surface area contributed by atoms with Crippen molar-refractivity contribution in [1.82, 2.24) is 0 Å². The Balaban J connectivity index is 1.68. The van der Waals surface area contributed by atoms with Crippen molar-refractivity contribution in [2.45, 2.75) is 71.3 Å². The molecule has 0 aromatic carbocycles. The Bertz CT molecular complexity index is 486. The molecule has 1 heteroatoms. The largest absolute Gasteiger partial charge is 0.389 e. The monoisotopic (exact) mass is 272 g/mol. The van der Waals surface area contributed by atoms with Crippen molar-refractivity contribution in [3.05, 3.63) is 22.8 Å². The van der Waals surface area contributed by atoms with Crippen LogP contribution in [0, 0.1) is 23.2 Å². The zero-order valence-electron chi connectivity index (χ0n) is 13.0. The third-order valence-corrected chi connectivity index (χ3v) is 7.24. The van der Waals surface area contributed by atoms with Gasteiger partial charge in [0, 0.05) is 0 Å². The second-order valence-corrected chi connectivity index (χ2v) is 8.01. The molecule has 0 bridgehead atoms. The molecule has 4 aliphatic rings. The molecule has 1 nitrogen and oxygen atoms in total. The van der Waals surface area contributed by atoms with Crippen molar-refractivity contribution in [3.8, 4) is 0 Å². The average Bonchev–Trinajstić information content (AvgIpc) is 2.82. The predicted molar refractivity (Wildman–Crippen MR) is 82.3 cm³/mol. The number of aliphatic hydroxyl groups excluding tert-OH is 1. The van der Waals surface area contributed by atoms with Gasteiger partial charge in [-0.1, -0.05) is 29.7 Å². The van der Waals surface area contributed by atoms with Gasteiger partial charge in [-0.2, -0.15) is 0 Å². The molecule has 0 aromatic rings. The smallest absolute Gasteiger partial charge is 0.0724 e. The van der Waals surface area contributed by atoms with Crippen LogP contribution in [0.4, 0.5) is 0 Å². The molecule has 0 amide bonds. The van der Waals surface area contributed by atoms with Gasteiger partial charge in [0.25, 0.3) is 0 Å². The molecule has 5 atom stereocenters. The van der Waals surface area contributed by atoms with Crippen molar-refractivity contribution in [2.24, 2.45) is 23.2 Å². The van der Waals surface area contributed by atoms with E-state index in [0.717, 1.165) is 24.2 Å². The number of allylic oxidation sites excluding steroid dienone is 3. The molecule has 0 heterocycles. The van der Waals surface area contributed by atoms with Crippen LogP contribution in [0.25, 0.3) is 0 Å². The second-order valence-electron chi connectivity index (χ2n) is 8.01. The molecule has 0 radical (unpaired) electrons. The maximum absolute atomic E-state index is 9.96. The fourth-order valence-corrected chi connectivity index (χ4v) is 6.12. The van der Waals surface area contributed by atoms with Crippen LogP contribution in [-0.4, -0.2) is 11.2 Å². The number of fused-ring (bicyclic) bond motifs is 5. The Morgan fingerprint density at radius 1 is 1.10 bits per heavy atom. The summed E-state index contributed by atoms with van der Waals surface area (Å²) < 4.78 is 0. The highest BCUT2D eigenvalue weighted by Gasteiger charge is 2.51. The lowest BCUT2D eigenvalue weighted by atomic mass is 9.50. The van der Waals surface area contributed by atoms with Crippen molar-refractivity contribution < 1.29 is 5.11 Å². The molecule has 2 saturated carbocycles. The average molecular weight is 272 g/mol. The van der Waals surface area contributed by atoms with Gasteiger partial charge in [0.2, 0.25) is 0 Å². The lowest BCUT2D eigenvalue weighted by Gasteiger charge is -2.54. The summed E-state index contributed by atoms with van der Waals surface area (Å²) >= 11 is 0. The molecule has 0 aromatic heterocycles. The van der Waals surface area contributed by atoms with E-state index in [1.807, 2.05) is 5.57 Å². The van der Waals surface area contributed by atoms with Crippen LogP contribution >= 0.6 is 0 Å². The van der Waals surface area contributed by atoms with E-state index in [4.69, 9.17) is 0 Å². The molecule has 4 aliphatic carbocycles. The van der Waals surface area contributed by atoms with Crippen LogP contribution in [0.3, 0.4) is 0 Å². The molecule has 110 valence electrons. The van der Waals surface area contributed by atoms with Crippen LogP contribution < -0.4 is 0 Å². The first-order chi connectivity index (χ1) is 9.59. The predicted octanol–water partition coefficient (Wildman–Crippen LogP) is 4.62. The summed E-state index contributed by atoms with van der Waals surface area (Å²) in [6, 6.07) is 0. The zero-order valence-corrected chi connectivity index (χ0v) is 13.0. The van der Waals surface area contributed by atoms with E-state index in [9.17, 15) is 5.11 Å². The lowest BCUT2D eigenvalue weighted by molar-refractivity contribution is 0.0285.